The van der Waals surface area contributed by atoms with Gasteiger partial charge in [0.25, 0.3) is 0 Å². The fourth-order valence-corrected chi connectivity index (χ4v) is 2.27. The van der Waals surface area contributed by atoms with Crippen LogP contribution in [0.3, 0.4) is 0 Å². The van der Waals surface area contributed by atoms with Gasteiger partial charge < -0.3 is 19.9 Å². The molecule has 2 aliphatic rings. The van der Waals surface area contributed by atoms with Crippen LogP contribution in [-0.2, 0) is 14.3 Å². The number of hydrogen-bond donors (Lipinski definition) is 2. The van der Waals surface area contributed by atoms with Gasteiger partial charge in [-0.25, -0.2) is 0 Å². The number of nitrogens with one attached hydrogen (secondary N) is 1. The molecule has 2 saturated heterocycles. The summed E-state index contributed by atoms with van der Waals surface area (Å²) >= 11 is 0. The third-order valence-corrected chi connectivity index (χ3v) is 3.21. The summed E-state index contributed by atoms with van der Waals surface area (Å²) in [6.45, 7) is 5.74. The summed E-state index contributed by atoms with van der Waals surface area (Å²) in [5.74, 6) is -0.135. The minimum Gasteiger partial charge on any atom is -0.388 e. The molecule has 2 heterocycles. The van der Waals surface area contributed by atoms with Crippen molar-refractivity contribution < 1.29 is 19.4 Å². The van der Waals surface area contributed by atoms with E-state index < -0.39 is 6.10 Å². The maximum atomic E-state index is 10.9. The van der Waals surface area contributed by atoms with Crippen LogP contribution >= 0.6 is 0 Å². The molecular weight excluding hydrogens is 224 g/mol. The fraction of sp³-hybridized carbons (Fsp3) is 0.909. The Morgan fingerprint density at radius 3 is 2.82 bits per heavy atom. The molecule has 6 nitrogen and oxygen atoms in total. The van der Waals surface area contributed by atoms with E-state index in [0.717, 1.165) is 26.3 Å². The van der Waals surface area contributed by atoms with Crippen LogP contribution in [0.1, 0.15) is 6.92 Å². The summed E-state index contributed by atoms with van der Waals surface area (Å²) in [6, 6.07) is -0.279. The van der Waals surface area contributed by atoms with Crippen molar-refractivity contribution in [1.82, 2.24) is 10.2 Å². The average Bonchev–Trinajstić information content (AvgIpc) is 2.62. The molecule has 2 N–H and O–H groups in total. The molecule has 2 fully saturated rings. The zero-order valence-corrected chi connectivity index (χ0v) is 10.1. The molecule has 98 valence electrons. The first-order valence-corrected chi connectivity index (χ1v) is 6.03. The Bertz CT molecular complexity index is 268. The molecule has 0 bridgehead atoms. The lowest BCUT2D eigenvalue weighted by Crippen LogP contribution is -2.48. The quantitative estimate of drug-likeness (QED) is 0.638. The van der Waals surface area contributed by atoms with Crippen LogP contribution < -0.4 is 5.32 Å². The highest BCUT2D eigenvalue weighted by Gasteiger charge is 2.37. The fourth-order valence-electron chi connectivity index (χ4n) is 2.27. The van der Waals surface area contributed by atoms with Crippen molar-refractivity contribution in [3.8, 4) is 0 Å². The third kappa shape index (κ3) is 3.38. The monoisotopic (exact) mass is 244 g/mol. The van der Waals surface area contributed by atoms with Crippen molar-refractivity contribution in [2.24, 2.45) is 0 Å². The minimum atomic E-state index is -0.623. The topological polar surface area (TPSA) is 71.0 Å². The second kappa shape index (κ2) is 5.77. The number of ether oxygens (including phenoxy) is 2. The van der Waals surface area contributed by atoms with Crippen molar-refractivity contribution in [3.63, 3.8) is 0 Å². The van der Waals surface area contributed by atoms with Crippen LogP contribution in [0, 0.1) is 0 Å². The average molecular weight is 244 g/mol. The van der Waals surface area contributed by atoms with E-state index in [0.29, 0.717) is 13.2 Å². The molecule has 1 amide bonds. The molecule has 6 heteroatoms. The van der Waals surface area contributed by atoms with E-state index in [1.807, 2.05) is 0 Å². The Morgan fingerprint density at radius 1 is 1.47 bits per heavy atom. The zero-order chi connectivity index (χ0) is 12.3. The highest BCUT2D eigenvalue weighted by molar-refractivity contribution is 5.73. The van der Waals surface area contributed by atoms with Gasteiger partial charge in [0.2, 0.25) is 5.91 Å². The first-order valence-electron chi connectivity index (χ1n) is 6.03. The predicted octanol–water partition coefficient (Wildman–Crippen LogP) is -1.42. The normalized spacial score (nSPS) is 34.8. The highest BCUT2D eigenvalue weighted by Crippen LogP contribution is 2.16. The first kappa shape index (κ1) is 12.8. The molecule has 0 aromatic rings. The lowest BCUT2D eigenvalue weighted by molar-refractivity contribution is -0.120. The van der Waals surface area contributed by atoms with E-state index in [4.69, 9.17) is 9.47 Å². The molecule has 0 aromatic heterocycles. The van der Waals surface area contributed by atoms with Gasteiger partial charge in [0, 0.05) is 26.6 Å². The molecule has 0 aromatic carbocycles. The molecular formula is C11H20N2O4. The number of morpholine rings is 1. The summed E-state index contributed by atoms with van der Waals surface area (Å²) in [7, 11) is 0. The number of hydrogen-bond acceptors (Lipinski definition) is 5. The number of carbonyl (C=O) groups excluding carboxylic acids is 1. The van der Waals surface area contributed by atoms with E-state index in [1.165, 1.54) is 6.92 Å². The Morgan fingerprint density at radius 2 is 2.18 bits per heavy atom. The second-order valence-corrected chi connectivity index (χ2v) is 4.58. The minimum absolute atomic E-state index is 0.135. The number of rotatable bonds is 3. The van der Waals surface area contributed by atoms with E-state index in [9.17, 15) is 9.90 Å². The largest absolute Gasteiger partial charge is 0.388 e. The van der Waals surface area contributed by atoms with Gasteiger partial charge in [-0.2, -0.15) is 0 Å². The molecule has 3 atom stereocenters. The van der Waals surface area contributed by atoms with Crippen LogP contribution in [0.25, 0.3) is 0 Å². The van der Waals surface area contributed by atoms with Crippen LogP contribution in [0.15, 0.2) is 0 Å². The molecule has 0 unspecified atom stereocenters. The van der Waals surface area contributed by atoms with Gasteiger partial charge in [-0.15, -0.1) is 0 Å². The van der Waals surface area contributed by atoms with Crippen LogP contribution in [0.4, 0.5) is 0 Å². The highest BCUT2D eigenvalue weighted by atomic mass is 16.5. The lowest BCUT2D eigenvalue weighted by atomic mass is 10.1. The van der Waals surface area contributed by atoms with Gasteiger partial charge in [0.1, 0.15) is 6.10 Å². The summed E-state index contributed by atoms with van der Waals surface area (Å²) < 4.78 is 10.8. The van der Waals surface area contributed by atoms with E-state index >= 15 is 0 Å². The van der Waals surface area contributed by atoms with Crippen molar-refractivity contribution in [1.29, 1.82) is 0 Å². The summed E-state index contributed by atoms with van der Waals surface area (Å²) in [5.41, 5.74) is 0. The molecule has 2 rings (SSSR count). The van der Waals surface area contributed by atoms with E-state index in [1.54, 1.807) is 0 Å². The molecule has 0 saturated carbocycles. The lowest BCUT2D eigenvalue weighted by Gasteiger charge is -2.29. The number of amides is 1. The summed E-state index contributed by atoms with van der Waals surface area (Å²) in [6.07, 6.45) is -0.841. The van der Waals surface area contributed by atoms with Crippen LogP contribution in [0.5, 0.6) is 0 Å². The summed E-state index contributed by atoms with van der Waals surface area (Å²) in [5, 5.41) is 12.7. The Labute approximate surface area is 101 Å². The zero-order valence-electron chi connectivity index (χ0n) is 10.1. The maximum Gasteiger partial charge on any atom is 0.217 e. The predicted molar refractivity (Wildman–Crippen MR) is 60.6 cm³/mol. The van der Waals surface area contributed by atoms with Crippen molar-refractivity contribution >= 4 is 5.91 Å². The Hall–Kier alpha value is -0.690. The third-order valence-electron chi connectivity index (χ3n) is 3.21. The molecule has 2 aliphatic heterocycles. The standard InChI is InChI=1S/C11H20N2O4/c1-8(14)12-9-7-17-10(11(9)15)6-13-2-4-16-5-3-13/h9-11,15H,2-7H2,1H3,(H,12,14)/t9-,10-,11+/m0/s1. The van der Waals surface area contributed by atoms with Crippen LogP contribution in [0.2, 0.25) is 0 Å². The molecule has 0 radical (unpaired) electrons. The molecule has 0 spiro atoms. The van der Waals surface area contributed by atoms with Gasteiger partial charge in [-0.05, 0) is 0 Å². The van der Waals surface area contributed by atoms with Gasteiger partial charge in [-0.1, -0.05) is 0 Å². The van der Waals surface area contributed by atoms with E-state index in [2.05, 4.69) is 10.2 Å². The SMILES string of the molecule is CC(=O)N[C@H]1CO[C@@H](CN2CCOCC2)[C@@H]1O. The van der Waals surface area contributed by atoms with Gasteiger partial charge >= 0.3 is 0 Å². The number of carbonyl (C=O) groups is 1. The van der Waals surface area contributed by atoms with Gasteiger partial charge in [-0.3, -0.25) is 9.69 Å². The summed E-state index contributed by atoms with van der Waals surface area (Å²) in [4.78, 5) is 13.2. The van der Waals surface area contributed by atoms with Crippen molar-refractivity contribution in [2.45, 2.75) is 25.2 Å². The first-order chi connectivity index (χ1) is 8.16. The Kier molecular flexibility index (Phi) is 4.33. The number of aliphatic hydroxyl groups is 1. The van der Waals surface area contributed by atoms with Crippen molar-refractivity contribution in [2.75, 3.05) is 39.5 Å². The molecule has 17 heavy (non-hydrogen) atoms. The van der Waals surface area contributed by atoms with Gasteiger partial charge in [0.05, 0.1) is 32.0 Å². The van der Waals surface area contributed by atoms with E-state index in [-0.39, 0.29) is 18.1 Å². The molecule has 0 aliphatic carbocycles. The Balaban J connectivity index is 1.80. The second-order valence-electron chi connectivity index (χ2n) is 4.58. The number of aliphatic hydroxyl groups excluding tert-OH is 1. The van der Waals surface area contributed by atoms with Gasteiger partial charge in [0.15, 0.2) is 0 Å². The van der Waals surface area contributed by atoms with Crippen LogP contribution in [-0.4, -0.2) is 73.6 Å². The van der Waals surface area contributed by atoms with Crippen molar-refractivity contribution in [3.05, 3.63) is 0 Å². The smallest absolute Gasteiger partial charge is 0.217 e. The maximum absolute atomic E-state index is 10.9. The number of nitrogens with zero attached hydrogens (tertiary/aromatic N) is 1.